The number of rotatable bonds is 8. The quantitative estimate of drug-likeness (QED) is 0.208. The molecule has 2 unspecified atom stereocenters. The van der Waals surface area contributed by atoms with Gasteiger partial charge in [-0.15, -0.1) is 0 Å². The molecule has 0 N–H and O–H groups in total. The van der Waals surface area contributed by atoms with Gasteiger partial charge in [0.15, 0.2) is 0 Å². The van der Waals surface area contributed by atoms with Crippen LogP contribution in [0.3, 0.4) is 0 Å². The minimum Gasteiger partial charge on any atom is -0.287 e. The van der Waals surface area contributed by atoms with Gasteiger partial charge in [-0.25, -0.2) is 8.42 Å². The highest BCUT2D eigenvalue weighted by Gasteiger charge is 2.24. The molecule has 1 saturated carbocycles. The SMILES string of the molecule is Cc1ccc([S@](=O)c2ccccc2C=NC2CCCCC2N=Cc2ccccc2[S@@](=O)c2ccc(C)cc2)cc1. The van der Waals surface area contributed by atoms with Crippen molar-refractivity contribution in [1.82, 2.24) is 0 Å². The molecule has 1 aliphatic carbocycles. The zero-order chi connectivity index (χ0) is 27.9. The first-order chi connectivity index (χ1) is 19.5. The average molecular weight is 567 g/mol. The molecule has 0 saturated heterocycles. The molecule has 204 valence electrons. The molecule has 0 bridgehead atoms. The van der Waals surface area contributed by atoms with Crippen LogP contribution in [-0.4, -0.2) is 32.9 Å². The summed E-state index contributed by atoms with van der Waals surface area (Å²) >= 11 is 0. The molecular formula is C34H34N2O2S2. The number of aliphatic imine (C=N–C) groups is 2. The van der Waals surface area contributed by atoms with Crippen molar-refractivity contribution in [3.8, 4) is 0 Å². The van der Waals surface area contributed by atoms with Crippen LogP contribution >= 0.6 is 0 Å². The maximum absolute atomic E-state index is 13.4. The van der Waals surface area contributed by atoms with Crippen LogP contribution in [0.25, 0.3) is 0 Å². The van der Waals surface area contributed by atoms with Crippen LogP contribution in [0.2, 0.25) is 0 Å². The van der Waals surface area contributed by atoms with Crippen molar-refractivity contribution in [1.29, 1.82) is 0 Å². The van der Waals surface area contributed by atoms with Crippen LogP contribution in [0.4, 0.5) is 0 Å². The first kappa shape index (κ1) is 28.1. The van der Waals surface area contributed by atoms with Crippen LogP contribution in [0.1, 0.15) is 47.9 Å². The molecule has 0 aliphatic heterocycles. The van der Waals surface area contributed by atoms with Gasteiger partial charge < -0.3 is 0 Å². The second kappa shape index (κ2) is 13.2. The fraction of sp³-hybridized carbons (Fsp3) is 0.235. The molecule has 0 aromatic heterocycles. The number of hydrogen-bond donors (Lipinski definition) is 0. The normalized spacial score (nSPS) is 19.1. The molecule has 0 radical (unpaired) electrons. The Morgan fingerprint density at radius 3 is 1.35 bits per heavy atom. The van der Waals surface area contributed by atoms with Gasteiger partial charge >= 0.3 is 0 Å². The lowest BCUT2D eigenvalue weighted by Gasteiger charge is -2.25. The average Bonchev–Trinajstić information content (AvgIpc) is 3.00. The number of aryl methyl sites for hydroxylation is 2. The Balaban J connectivity index is 1.36. The van der Waals surface area contributed by atoms with Crippen molar-refractivity contribution >= 4 is 34.0 Å². The van der Waals surface area contributed by atoms with Crippen molar-refractivity contribution in [3.05, 3.63) is 119 Å². The van der Waals surface area contributed by atoms with E-state index < -0.39 is 21.6 Å². The molecule has 0 heterocycles. The summed E-state index contributed by atoms with van der Waals surface area (Å²) in [6.45, 7) is 4.05. The number of nitrogens with zero attached hydrogens (tertiary/aromatic N) is 2. The van der Waals surface area contributed by atoms with E-state index in [1.54, 1.807) is 0 Å². The standard InChI is InChI=1S/C34H34N2O2S2/c1-25-15-19-29(20-16-25)39(37)33-13-7-3-9-27(33)23-35-31-11-5-6-12-32(31)36-24-28-10-4-8-14-34(28)40(38)30-21-17-26(2)18-22-30/h3-4,7-10,13-24,31-32H,5-6,11-12H2,1-2H3/t31?,32?,39-,40-/m0/s1. The Morgan fingerprint density at radius 2 is 0.950 bits per heavy atom. The van der Waals surface area contributed by atoms with E-state index in [4.69, 9.17) is 9.98 Å². The van der Waals surface area contributed by atoms with Crippen molar-refractivity contribution in [2.75, 3.05) is 0 Å². The minimum absolute atomic E-state index is 0.0422. The summed E-state index contributed by atoms with van der Waals surface area (Å²) in [5.74, 6) is 0. The van der Waals surface area contributed by atoms with Gasteiger partial charge in [-0.2, -0.15) is 0 Å². The van der Waals surface area contributed by atoms with E-state index in [0.29, 0.717) is 0 Å². The highest BCUT2D eigenvalue weighted by atomic mass is 32.2. The molecule has 1 aliphatic rings. The molecule has 4 atom stereocenters. The van der Waals surface area contributed by atoms with Gasteiger partial charge in [-0.1, -0.05) is 84.6 Å². The summed E-state index contributed by atoms with van der Waals surface area (Å²) < 4.78 is 26.7. The van der Waals surface area contributed by atoms with Crippen LogP contribution in [0, 0.1) is 13.8 Å². The molecule has 1 fully saturated rings. The number of hydrogen-bond acceptors (Lipinski definition) is 4. The van der Waals surface area contributed by atoms with Gasteiger partial charge in [0.05, 0.1) is 43.5 Å². The predicted molar refractivity (Wildman–Crippen MR) is 166 cm³/mol. The van der Waals surface area contributed by atoms with Gasteiger partial charge in [-0.3, -0.25) is 9.98 Å². The smallest absolute Gasteiger partial charge is 0.0856 e. The molecule has 0 spiro atoms. The predicted octanol–water partition coefficient (Wildman–Crippen LogP) is 7.49. The molecule has 4 nitrogen and oxygen atoms in total. The highest BCUT2D eigenvalue weighted by Crippen LogP contribution is 2.26. The summed E-state index contributed by atoms with van der Waals surface area (Å²) in [6.07, 6.45) is 7.88. The van der Waals surface area contributed by atoms with E-state index in [1.807, 2.05) is 123 Å². The van der Waals surface area contributed by atoms with Crippen LogP contribution in [0.15, 0.2) is 127 Å². The zero-order valence-electron chi connectivity index (χ0n) is 22.9. The Bertz CT molecular complexity index is 1440. The van der Waals surface area contributed by atoms with Gasteiger partial charge in [0.1, 0.15) is 0 Å². The summed E-state index contributed by atoms with van der Waals surface area (Å²) in [5.41, 5.74) is 4.02. The van der Waals surface area contributed by atoms with Crippen LogP contribution < -0.4 is 0 Å². The highest BCUT2D eigenvalue weighted by molar-refractivity contribution is 7.85. The largest absolute Gasteiger partial charge is 0.287 e. The van der Waals surface area contributed by atoms with E-state index in [1.165, 1.54) is 0 Å². The van der Waals surface area contributed by atoms with Crippen LogP contribution in [-0.2, 0) is 21.6 Å². The van der Waals surface area contributed by atoms with E-state index in [-0.39, 0.29) is 12.1 Å². The van der Waals surface area contributed by atoms with Crippen molar-refractivity contribution in [2.24, 2.45) is 9.98 Å². The first-order valence-corrected chi connectivity index (χ1v) is 16.0. The van der Waals surface area contributed by atoms with Crippen molar-refractivity contribution < 1.29 is 8.42 Å². The van der Waals surface area contributed by atoms with Gasteiger partial charge in [-0.05, 0) is 63.1 Å². The van der Waals surface area contributed by atoms with Gasteiger partial charge in [0.2, 0.25) is 0 Å². The van der Waals surface area contributed by atoms with Crippen LogP contribution in [0.5, 0.6) is 0 Å². The molecule has 4 aromatic rings. The lowest BCUT2D eigenvalue weighted by atomic mass is 9.91. The van der Waals surface area contributed by atoms with Gasteiger partial charge in [0.25, 0.3) is 0 Å². The Hall–Kier alpha value is -3.48. The molecule has 40 heavy (non-hydrogen) atoms. The maximum Gasteiger partial charge on any atom is 0.0856 e. The fourth-order valence-corrected chi connectivity index (χ4v) is 7.23. The molecule has 5 rings (SSSR count). The lowest BCUT2D eigenvalue weighted by molar-refractivity contribution is 0.390. The van der Waals surface area contributed by atoms with E-state index in [9.17, 15) is 8.42 Å². The lowest BCUT2D eigenvalue weighted by Crippen LogP contribution is -2.27. The monoisotopic (exact) mass is 566 g/mol. The Labute approximate surface area is 242 Å². The summed E-state index contributed by atoms with van der Waals surface area (Å²) in [5, 5.41) is 0. The second-order valence-electron chi connectivity index (χ2n) is 10.2. The third-order valence-electron chi connectivity index (χ3n) is 7.21. The van der Waals surface area contributed by atoms with Gasteiger partial charge in [0, 0.05) is 33.3 Å². The minimum atomic E-state index is -1.28. The molecule has 0 amide bonds. The Morgan fingerprint density at radius 1 is 0.575 bits per heavy atom. The molecule has 6 heteroatoms. The summed E-state index contributed by atoms with van der Waals surface area (Å²) in [4.78, 5) is 13.1. The fourth-order valence-electron chi connectivity index (χ4n) is 4.88. The zero-order valence-corrected chi connectivity index (χ0v) is 24.5. The number of benzene rings is 4. The topological polar surface area (TPSA) is 58.9 Å². The Kier molecular flexibility index (Phi) is 9.30. The molecular weight excluding hydrogens is 533 g/mol. The second-order valence-corrected chi connectivity index (χ2v) is 13.1. The maximum atomic E-state index is 13.4. The third-order valence-corrected chi connectivity index (χ3v) is 10.2. The van der Waals surface area contributed by atoms with Crippen molar-refractivity contribution in [3.63, 3.8) is 0 Å². The third kappa shape index (κ3) is 6.80. The van der Waals surface area contributed by atoms with E-state index in [0.717, 1.165) is 67.5 Å². The van der Waals surface area contributed by atoms with E-state index in [2.05, 4.69) is 0 Å². The van der Waals surface area contributed by atoms with Crippen molar-refractivity contribution in [2.45, 2.75) is 71.2 Å². The first-order valence-electron chi connectivity index (χ1n) is 13.7. The summed E-state index contributed by atoms with van der Waals surface area (Å²) in [6, 6.07) is 31.3. The summed E-state index contributed by atoms with van der Waals surface area (Å²) in [7, 11) is -2.57. The molecule has 4 aromatic carbocycles. The van der Waals surface area contributed by atoms with E-state index >= 15 is 0 Å².